The van der Waals surface area contributed by atoms with Crippen LogP contribution in [0.1, 0.15) is 33.1 Å². The SMILES string of the molecule is CCCN(CCC)c1nncc(NC2CCS(=O)(=O)C2)n1. The molecule has 0 aromatic carbocycles. The highest BCUT2D eigenvalue weighted by molar-refractivity contribution is 7.91. The molecule has 1 aromatic rings. The summed E-state index contributed by atoms with van der Waals surface area (Å²) in [7, 11) is -2.90. The Morgan fingerprint density at radius 1 is 1.33 bits per heavy atom. The van der Waals surface area contributed by atoms with Crippen LogP contribution in [-0.2, 0) is 9.84 Å². The Hall–Kier alpha value is -1.44. The van der Waals surface area contributed by atoms with E-state index in [4.69, 9.17) is 0 Å². The van der Waals surface area contributed by atoms with Crippen LogP contribution in [0.5, 0.6) is 0 Å². The van der Waals surface area contributed by atoms with Crippen molar-refractivity contribution in [2.45, 2.75) is 39.2 Å². The number of nitrogens with zero attached hydrogens (tertiary/aromatic N) is 4. The third kappa shape index (κ3) is 4.52. The number of nitrogens with one attached hydrogen (secondary N) is 1. The molecule has 0 saturated carbocycles. The topological polar surface area (TPSA) is 88.1 Å². The van der Waals surface area contributed by atoms with Gasteiger partial charge in [0, 0.05) is 19.1 Å². The Balaban J connectivity index is 2.06. The molecule has 1 fully saturated rings. The zero-order valence-corrected chi connectivity index (χ0v) is 13.4. The molecule has 1 unspecified atom stereocenters. The Bertz CT molecular complexity index is 557. The van der Waals surface area contributed by atoms with E-state index in [0.29, 0.717) is 18.2 Å². The van der Waals surface area contributed by atoms with Crippen LogP contribution in [0.3, 0.4) is 0 Å². The van der Waals surface area contributed by atoms with Crippen LogP contribution >= 0.6 is 0 Å². The molecule has 118 valence electrons. The summed E-state index contributed by atoms with van der Waals surface area (Å²) in [5.74, 6) is 1.61. The molecule has 1 N–H and O–H groups in total. The van der Waals surface area contributed by atoms with Gasteiger partial charge in [0.05, 0.1) is 17.7 Å². The average molecular weight is 313 g/mol. The van der Waals surface area contributed by atoms with Gasteiger partial charge in [-0.2, -0.15) is 10.1 Å². The minimum Gasteiger partial charge on any atom is -0.365 e. The fraction of sp³-hybridized carbons (Fsp3) is 0.769. The minimum absolute atomic E-state index is 0.0784. The van der Waals surface area contributed by atoms with Crippen LogP contribution in [0.4, 0.5) is 11.8 Å². The van der Waals surface area contributed by atoms with Crippen molar-refractivity contribution in [1.29, 1.82) is 0 Å². The number of sulfone groups is 1. The normalized spacial score (nSPS) is 20.4. The molecule has 0 bridgehead atoms. The first kappa shape index (κ1) is 15.9. The minimum atomic E-state index is -2.90. The van der Waals surface area contributed by atoms with E-state index in [1.54, 1.807) is 6.20 Å². The highest BCUT2D eigenvalue weighted by Crippen LogP contribution is 2.17. The van der Waals surface area contributed by atoms with Crippen molar-refractivity contribution in [2.24, 2.45) is 0 Å². The number of anilines is 2. The Labute approximate surface area is 126 Å². The summed E-state index contributed by atoms with van der Waals surface area (Å²) < 4.78 is 23.0. The van der Waals surface area contributed by atoms with Gasteiger partial charge < -0.3 is 10.2 Å². The van der Waals surface area contributed by atoms with Crippen LogP contribution in [0, 0.1) is 0 Å². The van der Waals surface area contributed by atoms with Crippen molar-refractivity contribution in [2.75, 3.05) is 34.8 Å². The fourth-order valence-corrected chi connectivity index (χ4v) is 4.14. The van der Waals surface area contributed by atoms with Gasteiger partial charge in [-0.25, -0.2) is 8.42 Å². The van der Waals surface area contributed by atoms with Gasteiger partial charge in [0.1, 0.15) is 0 Å². The van der Waals surface area contributed by atoms with E-state index in [9.17, 15) is 8.42 Å². The molecule has 0 spiro atoms. The maximum Gasteiger partial charge on any atom is 0.247 e. The number of hydrogen-bond acceptors (Lipinski definition) is 7. The number of hydrogen-bond donors (Lipinski definition) is 1. The van der Waals surface area contributed by atoms with Gasteiger partial charge >= 0.3 is 0 Å². The predicted octanol–water partition coefficient (Wildman–Crippen LogP) is 1.10. The van der Waals surface area contributed by atoms with Gasteiger partial charge in [0.2, 0.25) is 5.95 Å². The summed E-state index contributed by atoms with van der Waals surface area (Å²) in [5.41, 5.74) is 0. The quantitative estimate of drug-likeness (QED) is 0.806. The van der Waals surface area contributed by atoms with Crippen molar-refractivity contribution >= 4 is 21.6 Å². The van der Waals surface area contributed by atoms with E-state index in [0.717, 1.165) is 25.9 Å². The van der Waals surface area contributed by atoms with Gasteiger partial charge in [-0.05, 0) is 19.3 Å². The fourth-order valence-electron chi connectivity index (χ4n) is 2.47. The van der Waals surface area contributed by atoms with Gasteiger partial charge in [0.15, 0.2) is 15.7 Å². The maximum atomic E-state index is 11.5. The molecule has 1 aliphatic rings. The lowest BCUT2D eigenvalue weighted by Gasteiger charge is -2.21. The molecular weight excluding hydrogens is 290 g/mol. The zero-order chi connectivity index (χ0) is 15.3. The maximum absolute atomic E-state index is 11.5. The molecule has 8 heteroatoms. The molecule has 0 radical (unpaired) electrons. The van der Waals surface area contributed by atoms with Gasteiger partial charge in [-0.1, -0.05) is 13.8 Å². The monoisotopic (exact) mass is 313 g/mol. The van der Waals surface area contributed by atoms with E-state index < -0.39 is 9.84 Å². The van der Waals surface area contributed by atoms with Crippen molar-refractivity contribution in [1.82, 2.24) is 15.2 Å². The van der Waals surface area contributed by atoms with Crippen LogP contribution in [0.2, 0.25) is 0 Å². The van der Waals surface area contributed by atoms with Crippen molar-refractivity contribution in [3.8, 4) is 0 Å². The van der Waals surface area contributed by atoms with Gasteiger partial charge in [-0.3, -0.25) is 0 Å². The molecule has 2 rings (SSSR count). The lowest BCUT2D eigenvalue weighted by molar-refractivity contribution is 0.602. The molecule has 21 heavy (non-hydrogen) atoms. The molecule has 2 heterocycles. The standard InChI is InChI=1S/C13H23N5O2S/c1-3-6-18(7-4-2)13-16-12(9-14-17-13)15-11-5-8-21(19,20)10-11/h9,11H,3-8,10H2,1-2H3,(H,15,16,17). The van der Waals surface area contributed by atoms with Crippen molar-refractivity contribution in [3.05, 3.63) is 6.20 Å². The summed E-state index contributed by atoms with van der Waals surface area (Å²) in [6, 6.07) is -0.0784. The molecule has 1 aliphatic heterocycles. The lowest BCUT2D eigenvalue weighted by Crippen LogP contribution is -2.28. The zero-order valence-electron chi connectivity index (χ0n) is 12.6. The summed E-state index contributed by atoms with van der Waals surface area (Å²) in [4.78, 5) is 6.57. The molecule has 1 saturated heterocycles. The second kappa shape index (κ2) is 7.02. The Morgan fingerprint density at radius 3 is 2.62 bits per heavy atom. The molecular formula is C13H23N5O2S. The molecule has 0 aliphatic carbocycles. The average Bonchev–Trinajstić information content (AvgIpc) is 2.78. The Morgan fingerprint density at radius 2 is 2.05 bits per heavy atom. The second-order valence-electron chi connectivity index (χ2n) is 5.37. The molecule has 1 aromatic heterocycles. The molecule has 0 amide bonds. The van der Waals surface area contributed by atoms with Gasteiger partial charge in [-0.15, -0.1) is 5.10 Å². The summed E-state index contributed by atoms with van der Waals surface area (Å²) in [6.07, 6.45) is 4.20. The Kier molecular flexibility index (Phi) is 5.33. The third-order valence-corrected chi connectivity index (χ3v) is 5.17. The van der Waals surface area contributed by atoms with Crippen molar-refractivity contribution in [3.63, 3.8) is 0 Å². The summed E-state index contributed by atoms with van der Waals surface area (Å²) in [5, 5.41) is 11.2. The van der Waals surface area contributed by atoms with E-state index >= 15 is 0 Å². The molecule has 1 atom stereocenters. The second-order valence-corrected chi connectivity index (χ2v) is 7.60. The highest BCUT2D eigenvalue weighted by Gasteiger charge is 2.28. The van der Waals surface area contributed by atoms with Gasteiger partial charge in [0.25, 0.3) is 0 Å². The van der Waals surface area contributed by atoms with Crippen LogP contribution in [0.25, 0.3) is 0 Å². The van der Waals surface area contributed by atoms with Crippen LogP contribution < -0.4 is 10.2 Å². The lowest BCUT2D eigenvalue weighted by atomic mass is 10.3. The summed E-state index contributed by atoms with van der Waals surface area (Å²) >= 11 is 0. The number of rotatable bonds is 7. The van der Waals surface area contributed by atoms with E-state index in [-0.39, 0.29) is 17.5 Å². The largest absolute Gasteiger partial charge is 0.365 e. The predicted molar refractivity (Wildman–Crippen MR) is 83.3 cm³/mol. The van der Waals surface area contributed by atoms with E-state index in [2.05, 4.69) is 39.2 Å². The van der Waals surface area contributed by atoms with E-state index in [1.165, 1.54) is 0 Å². The first-order valence-corrected chi connectivity index (χ1v) is 9.28. The molecule has 7 nitrogen and oxygen atoms in total. The van der Waals surface area contributed by atoms with E-state index in [1.807, 2.05) is 0 Å². The third-order valence-electron chi connectivity index (χ3n) is 3.40. The smallest absolute Gasteiger partial charge is 0.247 e. The first-order chi connectivity index (χ1) is 10.0. The first-order valence-electron chi connectivity index (χ1n) is 7.45. The highest BCUT2D eigenvalue weighted by atomic mass is 32.2. The van der Waals surface area contributed by atoms with Crippen LogP contribution in [0.15, 0.2) is 6.20 Å². The van der Waals surface area contributed by atoms with Crippen molar-refractivity contribution < 1.29 is 8.42 Å². The summed E-state index contributed by atoms with van der Waals surface area (Å²) in [6.45, 7) is 6.00. The number of aromatic nitrogens is 3. The van der Waals surface area contributed by atoms with Crippen LogP contribution in [-0.4, -0.2) is 54.2 Å².